The van der Waals surface area contributed by atoms with Crippen LogP contribution >= 0.6 is 0 Å². The van der Waals surface area contributed by atoms with Crippen molar-refractivity contribution < 1.29 is 0 Å². The molecule has 1 rings (SSSR count). The van der Waals surface area contributed by atoms with Crippen molar-refractivity contribution in [2.24, 2.45) is 0 Å². The summed E-state index contributed by atoms with van der Waals surface area (Å²) in [6, 6.07) is 0. The Labute approximate surface area is 75.6 Å². The van der Waals surface area contributed by atoms with Crippen molar-refractivity contribution in [2.75, 3.05) is 0 Å². The van der Waals surface area contributed by atoms with E-state index in [0.717, 1.165) is 16.7 Å². The van der Waals surface area contributed by atoms with Gasteiger partial charge in [0.2, 0.25) is 0 Å². The molecular weight excluding hydrogens is 144 g/mol. The molecule has 0 N–H and O–H groups in total. The second-order valence-electron chi connectivity index (χ2n) is 3.31. The molecule has 12 heavy (non-hydrogen) atoms. The van der Waals surface area contributed by atoms with Crippen molar-refractivity contribution in [1.29, 1.82) is 0 Å². The summed E-state index contributed by atoms with van der Waals surface area (Å²) >= 11 is 0. The summed E-state index contributed by atoms with van der Waals surface area (Å²) in [6.07, 6.45) is 0. The number of rotatable bonds is 0. The van der Waals surface area contributed by atoms with Gasteiger partial charge in [0, 0.05) is 0 Å². The summed E-state index contributed by atoms with van der Waals surface area (Å²) in [5.74, 6) is 0. The van der Waals surface area contributed by atoms with E-state index < -0.39 is 0 Å². The van der Waals surface area contributed by atoms with E-state index in [-0.39, 0.29) is 0 Å². The molecular formula is C12H15. The molecule has 0 spiro atoms. The third kappa shape index (κ3) is 1.16. The summed E-state index contributed by atoms with van der Waals surface area (Å²) < 4.78 is 0. The van der Waals surface area contributed by atoms with Gasteiger partial charge in [0.1, 0.15) is 0 Å². The maximum Gasteiger partial charge on any atom is -0.0233 e. The number of benzene rings is 1. The van der Waals surface area contributed by atoms with E-state index in [2.05, 4.69) is 41.5 Å². The largest absolute Gasteiger partial charge is 0.0441 e. The second kappa shape index (κ2) is 2.93. The van der Waals surface area contributed by atoms with Crippen LogP contribution in [-0.4, -0.2) is 0 Å². The Balaban J connectivity index is 3.60. The molecule has 0 aliphatic heterocycles. The van der Waals surface area contributed by atoms with Gasteiger partial charge in [-0.15, -0.1) is 0 Å². The summed E-state index contributed by atoms with van der Waals surface area (Å²) in [5, 5.41) is 0. The Hall–Kier alpha value is -0.780. The number of hydrogen-bond donors (Lipinski definition) is 0. The molecule has 0 unspecified atom stereocenters. The molecule has 0 bridgehead atoms. The van der Waals surface area contributed by atoms with Gasteiger partial charge in [-0.25, -0.2) is 0 Å². The van der Waals surface area contributed by atoms with E-state index in [1.54, 1.807) is 0 Å². The minimum Gasteiger partial charge on any atom is -0.0441 e. The van der Waals surface area contributed by atoms with Gasteiger partial charge < -0.3 is 0 Å². The predicted octanol–water partition coefficient (Wildman–Crippen LogP) is 3.16. The fourth-order valence-corrected chi connectivity index (χ4v) is 1.39. The molecule has 0 aliphatic rings. The summed E-state index contributed by atoms with van der Waals surface area (Å²) in [7, 11) is 0. The molecule has 1 aromatic carbocycles. The van der Waals surface area contributed by atoms with Crippen LogP contribution in [0.3, 0.4) is 0 Å². The van der Waals surface area contributed by atoms with Gasteiger partial charge in [0.15, 0.2) is 0 Å². The van der Waals surface area contributed by atoms with E-state index in [4.69, 9.17) is 0 Å². The molecule has 0 aliphatic carbocycles. The van der Waals surface area contributed by atoms with Crippen molar-refractivity contribution >= 4 is 0 Å². The maximum atomic E-state index is 4.00. The zero-order chi connectivity index (χ0) is 9.46. The fraction of sp³-hybridized carbons (Fsp3) is 0.250. The summed E-state index contributed by atoms with van der Waals surface area (Å²) in [6.45, 7) is 18.2. The standard InChI is InChI=1S/C12H15/c1-7-8(2)10(4)12(6)11(5)9(7)3/h1,4-5H2,2-3,6H3. The van der Waals surface area contributed by atoms with Crippen LogP contribution in [0.1, 0.15) is 33.4 Å². The average Bonchev–Trinajstić information content (AvgIpc) is 2.08. The zero-order valence-corrected chi connectivity index (χ0v) is 8.12. The highest BCUT2D eigenvalue weighted by molar-refractivity contribution is 5.53. The first kappa shape index (κ1) is 9.31. The molecule has 0 saturated heterocycles. The highest BCUT2D eigenvalue weighted by Gasteiger charge is 2.07. The molecule has 3 radical (unpaired) electrons. The number of hydrogen-bond acceptors (Lipinski definition) is 0. The monoisotopic (exact) mass is 159 g/mol. The van der Waals surface area contributed by atoms with Crippen molar-refractivity contribution in [1.82, 2.24) is 0 Å². The summed E-state index contributed by atoms with van der Waals surface area (Å²) in [5.41, 5.74) is 6.81. The Morgan fingerprint density at radius 2 is 0.750 bits per heavy atom. The molecule has 63 valence electrons. The first-order valence-electron chi connectivity index (χ1n) is 4.06. The van der Waals surface area contributed by atoms with Crippen LogP contribution in [0.15, 0.2) is 0 Å². The van der Waals surface area contributed by atoms with Gasteiger partial charge in [-0.1, -0.05) is 0 Å². The molecule has 0 atom stereocenters. The molecule has 0 nitrogen and oxygen atoms in total. The first-order chi connectivity index (χ1) is 5.46. The van der Waals surface area contributed by atoms with Gasteiger partial charge in [-0.2, -0.15) is 0 Å². The molecule has 0 aromatic heterocycles. The Morgan fingerprint density at radius 1 is 0.583 bits per heavy atom. The predicted molar refractivity (Wildman–Crippen MR) is 54.0 cm³/mol. The zero-order valence-electron chi connectivity index (χ0n) is 8.12. The lowest BCUT2D eigenvalue weighted by Crippen LogP contribution is -1.98. The van der Waals surface area contributed by atoms with Gasteiger partial charge >= 0.3 is 0 Å². The van der Waals surface area contributed by atoms with Crippen LogP contribution in [-0.2, 0) is 0 Å². The normalized spacial score (nSPS) is 10.5. The van der Waals surface area contributed by atoms with E-state index >= 15 is 0 Å². The third-order valence-electron chi connectivity index (χ3n) is 2.72. The van der Waals surface area contributed by atoms with Crippen molar-refractivity contribution in [3.05, 3.63) is 54.2 Å². The molecule has 0 saturated carbocycles. The Kier molecular flexibility index (Phi) is 2.27. The van der Waals surface area contributed by atoms with Crippen LogP contribution in [0.5, 0.6) is 0 Å². The minimum absolute atomic E-state index is 1.08. The van der Waals surface area contributed by atoms with Crippen LogP contribution in [0, 0.1) is 41.5 Å². The van der Waals surface area contributed by atoms with Crippen LogP contribution in [0.2, 0.25) is 0 Å². The van der Waals surface area contributed by atoms with Gasteiger partial charge in [-0.05, 0) is 74.9 Å². The van der Waals surface area contributed by atoms with E-state index in [0.29, 0.717) is 0 Å². The minimum atomic E-state index is 1.08. The fourth-order valence-electron chi connectivity index (χ4n) is 1.39. The molecule has 0 heteroatoms. The Morgan fingerprint density at radius 3 is 0.917 bits per heavy atom. The molecule has 0 fully saturated rings. The van der Waals surface area contributed by atoms with E-state index in [9.17, 15) is 0 Å². The van der Waals surface area contributed by atoms with Gasteiger partial charge in [0.25, 0.3) is 0 Å². The van der Waals surface area contributed by atoms with Crippen LogP contribution in [0.25, 0.3) is 0 Å². The highest BCUT2D eigenvalue weighted by Crippen LogP contribution is 2.24. The van der Waals surface area contributed by atoms with Gasteiger partial charge in [-0.3, -0.25) is 0 Å². The van der Waals surface area contributed by atoms with E-state index in [1.165, 1.54) is 16.7 Å². The first-order valence-corrected chi connectivity index (χ1v) is 4.06. The lowest BCUT2D eigenvalue weighted by molar-refractivity contribution is 1.22. The summed E-state index contributed by atoms with van der Waals surface area (Å²) in [4.78, 5) is 0. The SMILES string of the molecule is [CH2]c1c(C)c([CH2])c(C)c([CH2])c1C. The van der Waals surface area contributed by atoms with E-state index in [1.807, 2.05) is 0 Å². The van der Waals surface area contributed by atoms with Crippen molar-refractivity contribution in [2.45, 2.75) is 20.8 Å². The van der Waals surface area contributed by atoms with Crippen molar-refractivity contribution in [3.63, 3.8) is 0 Å². The molecule has 0 heterocycles. The topological polar surface area (TPSA) is 0 Å². The highest BCUT2D eigenvalue weighted by atomic mass is 14.1. The lowest BCUT2D eigenvalue weighted by Gasteiger charge is -2.15. The van der Waals surface area contributed by atoms with Gasteiger partial charge in [0.05, 0.1) is 0 Å². The maximum absolute atomic E-state index is 4.00. The van der Waals surface area contributed by atoms with Crippen LogP contribution in [0.4, 0.5) is 0 Å². The quantitative estimate of drug-likeness (QED) is 0.545. The van der Waals surface area contributed by atoms with Crippen LogP contribution < -0.4 is 0 Å². The molecule has 0 amide bonds. The second-order valence-corrected chi connectivity index (χ2v) is 3.31. The molecule has 1 aromatic rings. The smallest absolute Gasteiger partial charge is 0.0233 e. The third-order valence-corrected chi connectivity index (χ3v) is 2.72. The average molecular weight is 159 g/mol. The lowest BCUT2D eigenvalue weighted by atomic mass is 9.90. The van der Waals surface area contributed by atoms with Crippen molar-refractivity contribution in [3.8, 4) is 0 Å². The Bertz CT molecular complexity index is 214.